The molecule has 6 heteroatoms. The van der Waals surface area contributed by atoms with Gasteiger partial charge in [-0.05, 0) is 30.7 Å². The molecule has 0 bridgehead atoms. The predicted molar refractivity (Wildman–Crippen MR) is 94.7 cm³/mol. The largest absolute Gasteiger partial charge is 0.325 e. The first-order valence-electron chi connectivity index (χ1n) is 7.05. The molecule has 0 aliphatic carbocycles. The van der Waals surface area contributed by atoms with E-state index in [4.69, 9.17) is 0 Å². The van der Waals surface area contributed by atoms with E-state index in [1.54, 1.807) is 6.92 Å². The minimum absolute atomic E-state index is 0.248. The van der Waals surface area contributed by atoms with E-state index < -0.39 is 5.54 Å². The molecular weight excluding hydrogens is 424 g/mol. The van der Waals surface area contributed by atoms with Crippen LogP contribution < -0.4 is 5.32 Å². The van der Waals surface area contributed by atoms with Gasteiger partial charge in [0, 0.05) is 14.5 Å². The smallest absolute Gasteiger partial charge is 0.319 e. The average molecular weight is 438 g/mol. The van der Waals surface area contributed by atoms with E-state index in [1.165, 1.54) is 4.90 Å². The molecule has 1 N–H and O–H groups in total. The van der Waals surface area contributed by atoms with Crippen LogP contribution in [-0.2, 0) is 16.9 Å². The second-order valence-corrected chi connectivity index (χ2v) is 7.32. The van der Waals surface area contributed by atoms with Crippen LogP contribution >= 0.6 is 31.9 Å². The second kappa shape index (κ2) is 6.09. The minimum atomic E-state index is -1.06. The predicted octanol–water partition coefficient (Wildman–Crippen LogP) is 4.18. The van der Waals surface area contributed by atoms with E-state index in [0.717, 1.165) is 20.1 Å². The van der Waals surface area contributed by atoms with Gasteiger partial charge in [-0.15, -0.1) is 0 Å². The highest BCUT2D eigenvalue weighted by molar-refractivity contribution is 9.10. The molecule has 0 saturated carbocycles. The quantitative estimate of drug-likeness (QED) is 0.732. The third-order valence-electron chi connectivity index (χ3n) is 3.94. The number of nitrogens with zero attached hydrogens (tertiary/aromatic N) is 1. The van der Waals surface area contributed by atoms with Crippen LogP contribution in [0.5, 0.6) is 0 Å². The number of carbonyl (C=O) groups is 2. The zero-order chi connectivity index (χ0) is 16.6. The number of halogens is 2. The molecule has 1 atom stereocenters. The molecule has 23 heavy (non-hydrogen) atoms. The number of carbonyl (C=O) groups excluding carboxylic acids is 2. The summed E-state index contributed by atoms with van der Waals surface area (Å²) in [6.07, 6.45) is 0. The van der Waals surface area contributed by atoms with Crippen molar-refractivity contribution in [1.82, 2.24) is 10.2 Å². The van der Waals surface area contributed by atoms with Gasteiger partial charge in [0.15, 0.2) is 0 Å². The number of urea groups is 1. The molecule has 1 aliphatic heterocycles. The number of nitrogens with one attached hydrogen (secondary N) is 1. The zero-order valence-corrected chi connectivity index (χ0v) is 15.5. The lowest BCUT2D eigenvalue weighted by molar-refractivity contribution is -0.131. The van der Waals surface area contributed by atoms with Crippen LogP contribution in [-0.4, -0.2) is 16.8 Å². The fourth-order valence-corrected chi connectivity index (χ4v) is 3.61. The summed E-state index contributed by atoms with van der Waals surface area (Å²) in [6, 6.07) is 14.6. The fourth-order valence-electron chi connectivity index (χ4n) is 2.66. The molecule has 1 saturated heterocycles. The van der Waals surface area contributed by atoms with Crippen LogP contribution in [0.4, 0.5) is 4.79 Å². The maximum atomic E-state index is 12.9. The Balaban J connectivity index is 1.91. The van der Waals surface area contributed by atoms with Gasteiger partial charge in [0.1, 0.15) is 5.54 Å². The highest BCUT2D eigenvalue weighted by Gasteiger charge is 2.49. The molecule has 0 radical (unpaired) electrons. The molecule has 3 amide bonds. The Kier molecular flexibility index (Phi) is 4.29. The Hall–Kier alpha value is -1.66. The summed E-state index contributed by atoms with van der Waals surface area (Å²) in [5.41, 5.74) is 0.580. The van der Waals surface area contributed by atoms with Crippen LogP contribution in [0.2, 0.25) is 0 Å². The Morgan fingerprint density at radius 1 is 1.04 bits per heavy atom. The molecule has 4 nitrogen and oxygen atoms in total. The summed E-state index contributed by atoms with van der Waals surface area (Å²) in [4.78, 5) is 26.5. The summed E-state index contributed by atoms with van der Waals surface area (Å²) >= 11 is 6.83. The zero-order valence-electron chi connectivity index (χ0n) is 12.3. The summed E-state index contributed by atoms with van der Waals surface area (Å²) in [5, 5.41) is 2.82. The van der Waals surface area contributed by atoms with Crippen molar-refractivity contribution >= 4 is 43.8 Å². The standard InChI is InChI=1S/C17H14Br2N2O2/c1-17(13-4-2-3-5-14(13)19)15(22)21(16(23)20-17)10-11-6-8-12(18)9-7-11/h2-9H,10H2,1H3,(H,20,23)/t17-/m1/s1. The SMILES string of the molecule is C[C@]1(c2ccccc2Br)NC(=O)N(Cc2ccc(Br)cc2)C1=O. The minimum Gasteiger partial charge on any atom is -0.319 e. The molecule has 0 spiro atoms. The lowest BCUT2D eigenvalue weighted by atomic mass is 9.92. The fraction of sp³-hybridized carbons (Fsp3) is 0.176. The average Bonchev–Trinajstić information content (AvgIpc) is 2.74. The van der Waals surface area contributed by atoms with Gasteiger partial charge in [-0.2, -0.15) is 0 Å². The van der Waals surface area contributed by atoms with Gasteiger partial charge in [-0.1, -0.05) is 62.2 Å². The van der Waals surface area contributed by atoms with Crippen molar-refractivity contribution < 1.29 is 9.59 Å². The van der Waals surface area contributed by atoms with Crippen molar-refractivity contribution in [3.63, 3.8) is 0 Å². The van der Waals surface area contributed by atoms with Crippen LogP contribution in [0.1, 0.15) is 18.1 Å². The molecule has 3 rings (SSSR count). The topological polar surface area (TPSA) is 49.4 Å². The first-order chi connectivity index (χ1) is 10.9. The normalized spacial score (nSPS) is 20.7. The van der Waals surface area contributed by atoms with Crippen LogP contribution in [0.3, 0.4) is 0 Å². The van der Waals surface area contributed by atoms with Gasteiger partial charge in [0.25, 0.3) is 5.91 Å². The number of imide groups is 1. The highest BCUT2D eigenvalue weighted by Crippen LogP contribution is 2.34. The molecular formula is C17H14Br2N2O2. The van der Waals surface area contributed by atoms with E-state index >= 15 is 0 Å². The number of benzene rings is 2. The molecule has 118 valence electrons. The number of hydrogen-bond acceptors (Lipinski definition) is 2. The van der Waals surface area contributed by atoms with E-state index in [-0.39, 0.29) is 18.5 Å². The maximum absolute atomic E-state index is 12.9. The highest BCUT2D eigenvalue weighted by atomic mass is 79.9. The summed E-state index contributed by atoms with van der Waals surface area (Å²) in [5.74, 6) is -0.252. The van der Waals surface area contributed by atoms with Crippen molar-refractivity contribution in [2.75, 3.05) is 0 Å². The maximum Gasteiger partial charge on any atom is 0.325 e. The number of rotatable bonds is 3. The van der Waals surface area contributed by atoms with E-state index in [1.807, 2.05) is 48.5 Å². The van der Waals surface area contributed by atoms with Crippen molar-refractivity contribution in [1.29, 1.82) is 0 Å². The molecule has 1 aliphatic rings. The summed E-state index contributed by atoms with van der Waals surface area (Å²) in [6.45, 7) is 1.98. The number of amides is 3. The van der Waals surface area contributed by atoms with Crippen molar-refractivity contribution in [3.8, 4) is 0 Å². The lowest BCUT2D eigenvalue weighted by Gasteiger charge is -2.23. The third-order valence-corrected chi connectivity index (χ3v) is 5.16. The monoisotopic (exact) mass is 436 g/mol. The van der Waals surface area contributed by atoms with Gasteiger partial charge in [-0.25, -0.2) is 4.79 Å². The van der Waals surface area contributed by atoms with Gasteiger partial charge >= 0.3 is 6.03 Å². The molecule has 1 fully saturated rings. The van der Waals surface area contributed by atoms with Gasteiger partial charge in [0.05, 0.1) is 6.54 Å². The molecule has 1 heterocycles. The first-order valence-corrected chi connectivity index (χ1v) is 8.64. The molecule has 2 aromatic rings. The molecule has 2 aromatic carbocycles. The van der Waals surface area contributed by atoms with Crippen LogP contribution in [0.15, 0.2) is 57.5 Å². The molecule has 0 unspecified atom stereocenters. The van der Waals surface area contributed by atoms with Gasteiger partial charge in [0.2, 0.25) is 0 Å². The van der Waals surface area contributed by atoms with Crippen molar-refractivity contribution in [2.24, 2.45) is 0 Å². The van der Waals surface area contributed by atoms with Crippen LogP contribution in [0.25, 0.3) is 0 Å². The molecule has 0 aromatic heterocycles. The summed E-state index contributed by atoms with van der Waals surface area (Å²) < 4.78 is 1.75. The second-order valence-electron chi connectivity index (χ2n) is 5.55. The lowest BCUT2D eigenvalue weighted by Crippen LogP contribution is -2.41. The van der Waals surface area contributed by atoms with Crippen LogP contribution in [0, 0.1) is 0 Å². The third kappa shape index (κ3) is 2.93. The van der Waals surface area contributed by atoms with E-state index in [9.17, 15) is 9.59 Å². The van der Waals surface area contributed by atoms with E-state index in [2.05, 4.69) is 37.2 Å². The Morgan fingerprint density at radius 2 is 1.70 bits per heavy atom. The van der Waals surface area contributed by atoms with Gasteiger partial charge < -0.3 is 5.32 Å². The van der Waals surface area contributed by atoms with Crippen molar-refractivity contribution in [2.45, 2.75) is 19.0 Å². The van der Waals surface area contributed by atoms with Crippen molar-refractivity contribution in [3.05, 3.63) is 68.6 Å². The Bertz CT molecular complexity index is 776. The van der Waals surface area contributed by atoms with E-state index in [0.29, 0.717) is 0 Å². The number of hydrogen-bond donors (Lipinski definition) is 1. The first kappa shape index (κ1) is 16.2. The Labute approximate surface area is 151 Å². The summed E-state index contributed by atoms with van der Waals surface area (Å²) in [7, 11) is 0. The Morgan fingerprint density at radius 3 is 2.35 bits per heavy atom. The van der Waals surface area contributed by atoms with Gasteiger partial charge in [-0.3, -0.25) is 9.69 Å².